The second-order valence-electron chi connectivity index (χ2n) is 6.12. The molecule has 1 aliphatic rings. The van der Waals surface area contributed by atoms with E-state index >= 15 is 0 Å². The summed E-state index contributed by atoms with van der Waals surface area (Å²) in [6, 6.07) is 11.6. The van der Waals surface area contributed by atoms with Crippen molar-refractivity contribution in [3.05, 3.63) is 77.0 Å². The summed E-state index contributed by atoms with van der Waals surface area (Å²) in [5.74, 6) is -2.30. The van der Waals surface area contributed by atoms with Crippen molar-refractivity contribution in [1.29, 1.82) is 5.26 Å². The molecular formula is C19H17F2N3O3S. The van der Waals surface area contributed by atoms with Crippen molar-refractivity contribution < 1.29 is 22.0 Å². The van der Waals surface area contributed by atoms with Gasteiger partial charge in [-0.3, -0.25) is 10.3 Å². The average molecular weight is 405 g/mol. The maximum atomic E-state index is 13.4. The van der Waals surface area contributed by atoms with Gasteiger partial charge in [0.15, 0.2) is 11.6 Å². The van der Waals surface area contributed by atoms with Crippen LogP contribution in [0.25, 0.3) is 0 Å². The van der Waals surface area contributed by atoms with Crippen molar-refractivity contribution in [3.63, 3.8) is 0 Å². The van der Waals surface area contributed by atoms with E-state index in [2.05, 4.69) is 11.5 Å². The number of hydrogen-bond donors (Lipinski definition) is 1. The Hall–Kier alpha value is -2.80. The minimum atomic E-state index is -3.91. The number of nitrogens with one attached hydrogen (secondary N) is 1. The second kappa shape index (κ2) is 8.48. The summed E-state index contributed by atoms with van der Waals surface area (Å²) in [5, 5.41) is 8.88. The Morgan fingerprint density at radius 2 is 2.00 bits per heavy atom. The molecule has 0 aromatic heterocycles. The van der Waals surface area contributed by atoms with Crippen LogP contribution in [0, 0.1) is 23.0 Å². The minimum absolute atomic E-state index is 0.0803. The number of benzene rings is 2. The van der Waals surface area contributed by atoms with Crippen LogP contribution in [0.2, 0.25) is 0 Å². The van der Waals surface area contributed by atoms with Crippen molar-refractivity contribution in [2.75, 3.05) is 13.1 Å². The van der Waals surface area contributed by atoms with Crippen LogP contribution in [-0.2, 0) is 21.5 Å². The topological polar surface area (TPSA) is 82.4 Å². The van der Waals surface area contributed by atoms with Crippen LogP contribution in [0.5, 0.6) is 0 Å². The van der Waals surface area contributed by atoms with Gasteiger partial charge in [-0.15, -0.1) is 0 Å². The molecule has 0 atom stereocenters. The first-order chi connectivity index (χ1) is 13.4. The number of nitrogens with zero attached hydrogens (tertiary/aromatic N) is 2. The molecule has 146 valence electrons. The van der Waals surface area contributed by atoms with Crippen LogP contribution in [0.15, 0.2) is 59.1 Å². The first-order valence-corrected chi connectivity index (χ1v) is 9.85. The van der Waals surface area contributed by atoms with Crippen molar-refractivity contribution in [2.45, 2.75) is 17.9 Å². The summed E-state index contributed by atoms with van der Waals surface area (Å²) in [5.41, 5.74) is 4.86. The van der Waals surface area contributed by atoms with E-state index in [0.717, 1.165) is 17.7 Å². The molecule has 3 rings (SSSR count). The number of hydrogen-bond acceptors (Lipinski definition) is 5. The third-order valence-electron chi connectivity index (χ3n) is 4.20. The monoisotopic (exact) mass is 405 g/mol. The van der Waals surface area contributed by atoms with Gasteiger partial charge in [0.1, 0.15) is 0 Å². The minimum Gasteiger partial charge on any atom is -0.272 e. The smallest absolute Gasteiger partial charge is 0.243 e. The van der Waals surface area contributed by atoms with Gasteiger partial charge in [-0.1, -0.05) is 12.1 Å². The highest BCUT2D eigenvalue weighted by Gasteiger charge is 2.27. The summed E-state index contributed by atoms with van der Waals surface area (Å²) in [4.78, 5) is 5.12. The predicted molar refractivity (Wildman–Crippen MR) is 96.9 cm³/mol. The highest BCUT2D eigenvalue weighted by atomic mass is 32.2. The highest BCUT2D eigenvalue weighted by Crippen LogP contribution is 2.21. The van der Waals surface area contributed by atoms with Crippen LogP contribution in [0.3, 0.4) is 0 Å². The van der Waals surface area contributed by atoms with E-state index in [-0.39, 0.29) is 24.6 Å². The van der Waals surface area contributed by atoms with Gasteiger partial charge in [0.2, 0.25) is 10.0 Å². The van der Waals surface area contributed by atoms with E-state index in [1.54, 1.807) is 24.3 Å². The number of hydroxylamine groups is 1. The van der Waals surface area contributed by atoms with Crippen LogP contribution in [-0.4, -0.2) is 25.8 Å². The highest BCUT2D eigenvalue weighted by molar-refractivity contribution is 7.89. The Morgan fingerprint density at radius 1 is 1.18 bits per heavy atom. The Morgan fingerprint density at radius 3 is 2.68 bits per heavy atom. The fraction of sp³-hybridized carbons (Fsp3) is 0.211. The Kier molecular flexibility index (Phi) is 6.04. The zero-order chi connectivity index (χ0) is 20.1. The Labute approximate surface area is 161 Å². The summed E-state index contributed by atoms with van der Waals surface area (Å²) >= 11 is 0. The lowest BCUT2D eigenvalue weighted by Gasteiger charge is -2.26. The maximum absolute atomic E-state index is 13.4. The third kappa shape index (κ3) is 4.54. The predicted octanol–water partition coefficient (Wildman–Crippen LogP) is 2.84. The van der Waals surface area contributed by atoms with Crippen molar-refractivity contribution in [1.82, 2.24) is 9.79 Å². The van der Waals surface area contributed by atoms with Gasteiger partial charge in [-0.2, -0.15) is 9.57 Å². The quantitative estimate of drug-likeness (QED) is 0.748. The fourth-order valence-electron chi connectivity index (χ4n) is 2.69. The lowest BCUT2D eigenvalue weighted by atomic mass is 10.1. The van der Waals surface area contributed by atoms with Crippen LogP contribution < -0.4 is 5.48 Å². The lowest BCUT2D eigenvalue weighted by Crippen LogP contribution is -2.36. The summed E-state index contributed by atoms with van der Waals surface area (Å²) in [6.07, 6.45) is 2.04. The first kappa shape index (κ1) is 19.9. The van der Waals surface area contributed by atoms with Crippen molar-refractivity contribution >= 4 is 10.0 Å². The molecule has 0 saturated heterocycles. The van der Waals surface area contributed by atoms with Crippen LogP contribution in [0.4, 0.5) is 8.78 Å². The number of halogens is 2. The van der Waals surface area contributed by atoms with Gasteiger partial charge in [0, 0.05) is 25.2 Å². The van der Waals surface area contributed by atoms with Crippen molar-refractivity contribution in [2.24, 2.45) is 0 Å². The zero-order valence-corrected chi connectivity index (χ0v) is 15.5. The van der Waals surface area contributed by atoms with Gasteiger partial charge in [0.05, 0.1) is 23.1 Å². The average Bonchev–Trinajstić information content (AvgIpc) is 2.70. The van der Waals surface area contributed by atoms with Gasteiger partial charge < -0.3 is 0 Å². The van der Waals surface area contributed by atoms with E-state index in [1.165, 1.54) is 4.31 Å². The zero-order valence-electron chi connectivity index (χ0n) is 14.7. The molecule has 1 heterocycles. The summed E-state index contributed by atoms with van der Waals surface area (Å²) in [7, 11) is -3.91. The molecule has 6 nitrogen and oxygen atoms in total. The first-order valence-electron chi connectivity index (χ1n) is 8.41. The van der Waals surface area contributed by atoms with Crippen LogP contribution in [0.1, 0.15) is 17.5 Å². The van der Waals surface area contributed by atoms with Crippen LogP contribution >= 0.6 is 0 Å². The largest absolute Gasteiger partial charge is 0.272 e. The van der Waals surface area contributed by atoms with Gasteiger partial charge >= 0.3 is 0 Å². The summed E-state index contributed by atoms with van der Waals surface area (Å²) < 4.78 is 52.7. The molecule has 0 spiro atoms. The third-order valence-corrected chi connectivity index (χ3v) is 6.06. The molecule has 9 heteroatoms. The molecule has 1 N–H and O–H groups in total. The molecule has 0 unspecified atom stereocenters. The molecule has 2 aromatic rings. The number of rotatable bonds is 6. The van der Waals surface area contributed by atoms with E-state index < -0.39 is 21.7 Å². The fourth-order valence-corrected chi connectivity index (χ4v) is 4.08. The molecule has 0 fully saturated rings. The van der Waals surface area contributed by atoms with E-state index in [0.29, 0.717) is 23.7 Å². The van der Waals surface area contributed by atoms with Gasteiger partial charge in [-0.05, 0) is 42.0 Å². The SMILES string of the molecule is N#Cc1cccc(CONC2=CCN(S(=O)(=O)c3ccc(F)c(F)c3)CC2)c1. The number of sulfonamides is 1. The standard InChI is InChI=1S/C19H17F2N3O3S/c20-18-5-4-17(11-19(18)21)28(25,26)24-8-6-16(7-9-24)23-27-13-15-3-1-2-14(10-15)12-22/h1-6,10-11,23H,7-9,13H2. The molecule has 0 saturated carbocycles. The maximum Gasteiger partial charge on any atom is 0.243 e. The molecule has 0 radical (unpaired) electrons. The van der Waals surface area contributed by atoms with Gasteiger partial charge in [-0.25, -0.2) is 17.2 Å². The molecule has 28 heavy (non-hydrogen) atoms. The second-order valence-corrected chi connectivity index (χ2v) is 8.06. The van der Waals surface area contributed by atoms with E-state index in [1.807, 2.05) is 6.07 Å². The summed E-state index contributed by atoms with van der Waals surface area (Å²) in [6.45, 7) is 0.494. The molecule has 0 aliphatic carbocycles. The molecular weight excluding hydrogens is 388 g/mol. The van der Waals surface area contributed by atoms with Crippen molar-refractivity contribution in [3.8, 4) is 6.07 Å². The molecule has 0 amide bonds. The Bertz CT molecular complexity index is 1050. The van der Waals surface area contributed by atoms with Gasteiger partial charge in [0.25, 0.3) is 0 Å². The lowest BCUT2D eigenvalue weighted by molar-refractivity contribution is 0.0453. The van der Waals surface area contributed by atoms with E-state index in [4.69, 9.17) is 10.1 Å². The normalized spacial score (nSPS) is 15.0. The van der Waals surface area contributed by atoms with E-state index in [9.17, 15) is 17.2 Å². The molecule has 2 aromatic carbocycles. The number of nitriles is 1. The Balaban J connectivity index is 1.57. The molecule has 0 bridgehead atoms. The molecule has 1 aliphatic heterocycles.